The third-order valence-electron chi connectivity index (χ3n) is 6.32. The molecule has 9 nitrogen and oxygen atoms in total. The van der Waals surface area contributed by atoms with Gasteiger partial charge >= 0.3 is 0 Å². The number of rotatable bonds is 7. The molecule has 10 heteroatoms. The Hall–Kier alpha value is -2.43. The second-order valence-electron chi connectivity index (χ2n) is 8.62. The molecule has 0 atom stereocenters. The van der Waals surface area contributed by atoms with Crippen molar-refractivity contribution in [1.29, 1.82) is 0 Å². The fourth-order valence-electron chi connectivity index (χ4n) is 4.46. The van der Waals surface area contributed by atoms with E-state index in [1.807, 2.05) is 24.8 Å². The first kappa shape index (κ1) is 23.7. The lowest BCUT2D eigenvalue weighted by atomic mass is 9.96. The van der Waals surface area contributed by atoms with Crippen LogP contribution in [0.1, 0.15) is 31.2 Å². The molecule has 33 heavy (non-hydrogen) atoms. The lowest BCUT2D eigenvalue weighted by Crippen LogP contribution is -2.51. The highest BCUT2D eigenvalue weighted by Crippen LogP contribution is 2.26. The first-order chi connectivity index (χ1) is 15.9. The van der Waals surface area contributed by atoms with Crippen molar-refractivity contribution in [3.05, 3.63) is 41.8 Å². The maximum Gasteiger partial charge on any atom is 0.243 e. The molecule has 1 aromatic heterocycles. The summed E-state index contributed by atoms with van der Waals surface area (Å²) in [6, 6.07) is 8.45. The van der Waals surface area contributed by atoms with Crippen LogP contribution in [0.25, 0.3) is 0 Å². The van der Waals surface area contributed by atoms with E-state index in [4.69, 9.17) is 9.26 Å². The SMILES string of the molecule is CCOc1ccc(S(=O)(=O)N2CCC(C(=O)N3CCN(Cc4cc(C)no4)CC3)CC2)cc1. The lowest BCUT2D eigenvalue weighted by molar-refractivity contribution is -0.138. The average Bonchev–Trinajstić information content (AvgIpc) is 3.24. The van der Waals surface area contributed by atoms with E-state index in [9.17, 15) is 13.2 Å². The molecule has 2 aliphatic rings. The molecule has 2 saturated heterocycles. The zero-order chi connectivity index (χ0) is 23.4. The van der Waals surface area contributed by atoms with Gasteiger partial charge < -0.3 is 14.2 Å². The van der Waals surface area contributed by atoms with E-state index < -0.39 is 10.0 Å². The van der Waals surface area contributed by atoms with Gasteiger partial charge in [0.2, 0.25) is 15.9 Å². The highest BCUT2D eigenvalue weighted by molar-refractivity contribution is 7.89. The second kappa shape index (κ2) is 10.2. The zero-order valence-electron chi connectivity index (χ0n) is 19.3. The Bertz CT molecular complexity index is 1040. The molecule has 2 fully saturated rings. The minimum atomic E-state index is -3.57. The number of hydrogen-bond donors (Lipinski definition) is 0. The predicted molar refractivity (Wildman–Crippen MR) is 122 cm³/mol. The molecule has 0 N–H and O–H groups in total. The minimum Gasteiger partial charge on any atom is -0.494 e. The Morgan fingerprint density at radius 2 is 1.76 bits per heavy atom. The fourth-order valence-corrected chi connectivity index (χ4v) is 5.93. The van der Waals surface area contributed by atoms with Crippen LogP contribution in [0.2, 0.25) is 0 Å². The Labute approximate surface area is 195 Å². The van der Waals surface area contributed by atoms with Crippen LogP contribution in [0.3, 0.4) is 0 Å². The van der Waals surface area contributed by atoms with Gasteiger partial charge in [-0.15, -0.1) is 0 Å². The van der Waals surface area contributed by atoms with Gasteiger partial charge in [-0.3, -0.25) is 9.69 Å². The van der Waals surface area contributed by atoms with Crippen molar-refractivity contribution in [3.63, 3.8) is 0 Å². The number of carbonyl (C=O) groups is 1. The smallest absolute Gasteiger partial charge is 0.243 e. The second-order valence-corrected chi connectivity index (χ2v) is 10.6. The molecule has 0 spiro atoms. The van der Waals surface area contributed by atoms with Crippen molar-refractivity contribution in [3.8, 4) is 5.75 Å². The van der Waals surface area contributed by atoms with Crippen LogP contribution in [0.15, 0.2) is 39.8 Å². The summed E-state index contributed by atoms with van der Waals surface area (Å²) in [5, 5.41) is 3.92. The van der Waals surface area contributed by atoms with Gasteiger partial charge in [0, 0.05) is 51.3 Å². The number of piperazine rings is 1. The molecule has 180 valence electrons. The predicted octanol–water partition coefficient (Wildman–Crippen LogP) is 2.13. The van der Waals surface area contributed by atoms with E-state index in [0.717, 1.165) is 24.5 Å². The van der Waals surface area contributed by atoms with Crippen LogP contribution >= 0.6 is 0 Å². The number of benzene rings is 1. The molecule has 0 bridgehead atoms. The molecule has 3 heterocycles. The summed E-state index contributed by atoms with van der Waals surface area (Å²) in [4.78, 5) is 17.5. The number of ether oxygens (including phenoxy) is 1. The van der Waals surface area contributed by atoms with E-state index >= 15 is 0 Å². The summed E-state index contributed by atoms with van der Waals surface area (Å²) < 4.78 is 38.2. The first-order valence-electron chi connectivity index (χ1n) is 11.5. The molecule has 1 amide bonds. The van der Waals surface area contributed by atoms with E-state index in [2.05, 4.69) is 10.1 Å². The van der Waals surface area contributed by atoms with Crippen molar-refractivity contribution in [2.24, 2.45) is 5.92 Å². The number of hydrogen-bond acceptors (Lipinski definition) is 7. The number of sulfonamides is 1. The van der Waals surface area contributed by atoms with Gasteiger partial charge in [0.25, 0.3) is 0 Å². The molecule has 1 aromatic carbocycles. The van der Waals surface area contributed by atoms with Crippen LogP contribution in [0, 0.1) is 12.8 Å². The largest absolute Gasteiger partial charge is 0.494 e. The Morgan fingerprint density at radius 3 is 2.33 bits per heavy atom. The summed E-state index contributed by atoms with van der Waals surface area (Å²) in [7, 11) is -3.57. The zero-order valence-corrected chi connectivity index (χ0v) is 20.1. The Kier molecular flexibility index (Phi) is 7.35. The highest BCUT2D eigenvalue weighted by Gasteiger charge is 2.34. The van der Waals surface area contributed by atoms with Crippen LogP contribution in [-0.4, -0.2) is 79.5 Å². The number of aromatic nitrogens is 1. The van der Waals surface area contributed by atoms with Crippen molar-refractivity contribution < 1.29 is 22.5 Å². The maximum atomic E-state index is 13.0. The number of nitrogens with zero attached hydrogens (tertiary/aromatic N) is 4. The Morgan fingerprint density at radius 1 is 1.09 bits per heavy atom. The van der Waals surface area contributed by atoms with E-state index in [1.54, 1.807) is 24.3 Å². The molecule has 2 aromatic rings. The lowest BCUT2D eigenvalue weighted by Gasteiger charge is -2.38. The summed E-state index contributed by atoms with van der Waals surface area (Å²) in [6.07, 6.45) is 1.10. The van der Waals surface area contributed by atoms with Gasteiger partial charge in [-0.05, 0) is 51.0 Å². The van der Waals surface area contributed by atoms with Gasteiger partial charge in [-0.1, -0.05) is 5.16 Å². The molecule has 0 radical (unpaired) electrons. The fraction of sp³-hybridized carbons (Fsp3) is 0.565. The third-order valence-corrected chi connectivity index (χ3v) is 8.23. The Balaban J connectivity index is 1.26. The van der Waals surface area contributed by atoms with Gasteiger partial charge in [-0.25, -0.2) is 8.42 Å². The van der Waals surface area contributed by atoms with E-state index in [-0.39, 0.29) is 16.7 Å². The molecule has 0 aliphatic carbocycles. The van der Waals surface area contributed by atoms with Gasteiger partial charge in [0.1, 0.15) is 5.75 Å². The standard InChI is InChI=1S/C23H32N4O5S/c1-3-31-20-4-6-22(7-5-20)33(29,30)27-10-8-19(9-11-27)23(28)26-14-12-25(13-15-26)17-21-16-18(2)24-32-21/h4-7,16,19H,3,8-15,17H2,1-2H3. The highest BCUT2D eigenvalue weighted by atomic mass is 32.2. The molecular weight excluding hydrogens is 444 g/mol. The van der Waals surface area contributed by atoms with Crippen LogP contribution in [0.5, 0.6) is 5.75 Å². The molecule has 0 unspecified atom stereocenters. The topological polar surface area (TPSA) is 96.2 Å². The monoisotopic (exact) mass is 476 g/mol. The first-order valence-corrected chi connectivity index (χ1v) is 13.0. The van der Waals surface area contributed by atoms with Crippen LogP contribution in [-0.2, 0) is 21.4 Å². The number of aryl methyl sites for hydroxylation is 1. The quantitative estimate of drug-likeness (QED) is 0.604. The van der Waals surface area contributed by atoms with Crippen LogP contribution in [0.4, 0.5) is 0 Å². The van der Waals surface area contributed by atoms with Gasteiger partial charge in [0.05, 0.1) is 23.7 Å². The maximum absolute atomic E-state index is 13.0. The van der Waals surface area contributed by atoms with Gasteiger partial charge in [0.15, 0.2) is 5.76 Å². The molecule has 4 rings (SSSR count). The molecule has 2 aliphatic heterocycles. The summed E-state index contributed by atoms with van der Waals surface area (Å²) in [5.41, 5.74) is 0.870. The van der Waals surface area contributed by atoms with Crippen molar-refractivity contribution >= 4 is 15.9 Å². The van der Waals surface area contributed by atoms with E-state index in [1.165, 1.54) is 4.31 Å². The van der Waals surface area contributed by atoms with Gasteiger partial charge in [-0.2, -0.15) is 4.31 Å². The minimum absolute atomic E-state index is 0.125. The molecule has 0 saturated carbocycles. The number of amides is 1. The summed E-state index contributed by atoms with van der Waals surface area (Å²) in [5.74, 6) is 1.51. The summed E-state index contributed by atoms with van der Waals surface area (Å²) >= 11 is 0. The number of piperidine rings is 1. The normalized spacial score (nSPS) is 19.0. The average molecular weight is 477 g/mol. The third kappa shape index (κ3) is 5.56. The summed E-state index contributed by atoms with van der Waals surface area (Å²) in [6.45, 7) is 8.66. The van der Waals surface area contributed by atoms with Crippen molar-refractivity contribution in [1.82, 2.24) is 19.3 Å². The number of carbonyl (C=O) groups excluding carboxylic acids is 1. The van der Waals surface area contributed by atoms with Crippen LogP contribution < -0.4 is 4.74 Å². The van der Waals surface area contributed by atoms with Crippen molar-refractivity contribution in [2.75, 3.05) is 45.9 Å². The van der Waals surface area contributed by atoms with Crippen molar-refractivity contribution in [2.45, 2.75) is 38.1 Å². The van der Waals surface area contributed by atoms with E-state index in [0.29, 0.717) is 57.9 Å². The molecular formula is C23H32N4O5S.